The van der Waals surface area contributed by atoms with Gasteiger partial charge in [0.2, 0.25) is 0 Å². The standard InChI is InChI=1S/C33H31N3/c1-22(2)26-19-12-20-28-23(3)27-17-10-11-18-29(27)32(35-31(26)28)33-34-30(24-13-6-4-7-14-24)21-36(33)25-15-8-5-9-16-25/h4-23,32,35H,1-3H3. The molecule has 0 saturated carbocycles. The second-order valence-electron chi connectivity index (χ2n) is 9.95. The quantitative estimate of drug-likeness (QED) is 0.287. The monoisotopic (exact) mass is 469 g/mol. The average Bonchev–Trinajstić information content (AvgIpc) is 3.32. The number of anilines is 1. The Hall–Kier alpha value is -4.11. The van der Waals surface area contributed by atoms with Crippen LogP contribution < -0.4 is 5.32 Å². The number of benzene rings is 4. The first-order chi connectivity index (χ1) is 17.6. The van der Waals surface area contributed by atoms with Gasteiger partial charge >= 0.3 is 0 Å². The molecule has 0 fully saturated rings. The summed E-state index contributed by atoms with van der Waals surface area (Å²) >= 11 is 0. The summed E-state index contributed by atoms with van der Waals surface area (Å²) in [4.78, 5) is 5.29. The predicted octanol–water partition coefficient (Wildman–Crippen LogP) is 8.33. The van der Waals surface area contributed by atoms with Crippen molar-refractivity contribution in [3.8, 4) is 16.9 Å². The molecule has 6 rings (SSSR count). The lowest BCUT2D eigenvalue weighted by Gasteiger charge is -2.24. The van der Waals surface area contributed by atoms with E-state index in [-0.39, 0.29) is 12.0 Å². The fraction of sp³-hybridized carbons (Fsp3) is 0.182. The molecule has 3 heteroatoms. The van der Waals surface area contributed by atoms with Crippen molar-refractivity contribution in [3.05, 3.63) is 137 Å². The minimum Gasteiger partial charge on any atom is -0.371 e. The number of rotatable bonds is 4. The van der Waals surface area contributed by atoms with Gasteiger partial charge in [-0.2, -0.15) is 0 Å². The van der Waals surface area contributed by atoms with E-state index < -0.39 is 0 Å². The normalized spacial score (nSPS) is 16.7. The predicted molar refractivity (Wildman–Crippen MR) is 149 cm³/mol. The van der Waals surface area contributed by atoms with Crippen LogP contribution in [0, 0.1) is 0 Å². The fourth-order valence-corrected chi connectivity index (χ4v) is 5.50. The van der Waals surface area contributed by atoms with E-state index in [4.69, 9.17) is 4.98 Å². The van der Waals surface area contributed by atoms with Gasteiger partial charge in [-0.25, -0.2) is 4.98 Å². The molecule has 178 valence electrons. The first kappa shape index (κ1) is 22.4. The number of para-hydroxylation sites is 2. The Morgan fingerprint density at radius 3 is 2.08 bits per heavy atom. The van der Waals surface area contributed by atoms with Gasteiger partial charge in [-0.3, -0.25) is 0 Å². The summed E-state index contributed by atoms with van der Waals surface area (Å²) in [6, 6.07) is 36.5. The third-order valence-corrected chi connectivity index (χ3v) is 7.37. The molecule has 2 heterocycles. The number of imidazole rings is 1. The topological polar surface area (TPSA) is 29.9 Å². The third kappa shape index (κ3) is 3.81. The van der Waals surface area contributed by atoms with Crippen LogP contribution in [0.15, 0.2) is 109 Å². The summed E-state index contributed by atoms with van der Waals surface area (Å²) in [5, 5.41) is 4.00. The summed E-state index contributed by atoms with van der Waals surface area (Å²) in [5.41, 5.74) is 9.75. The van der Waals surface area contributed by atoms with E-state index in [0.29, 0.717) is 5.92 Å². The zero-order valence-corrected chi connectivity index (χ0v) is 21.0. The van der Waals surface area contributed by atoms with Crippen LogP contribution in [0.5, 0.6) is 0 Å². The summed E-state index contributed by atoms with van der Waals surface area (Å²) in [5.74, 6) is 1.68. The van der Waals surface area contributed by atoms with Gasteiger partial charge in [-0.1, -0.05) is 112 Å². The molecule has 36 heavy (non-hydrogen) atoms. The van der Waals surface area contributed by atoms with Crippen LogP contribution in [0.3, 0.4) is 0 Å². The Labute approximate surface area is 213 Å². The fourth-order valence-electron chi connectivity index (χ4n) is 5.50. The molecule has 2 atom stereocenters. The van der Waals surface area contributed by atoms with Crippen molar-refractivity contribution < 1.29 is 0 Å². The molecule has 3 nitrogen and oxygen atoms in total. The highest BCUT2D eigenvalue weighted by Crippen LogP contribution is 2.44. The Balaban J connectivity index is 1.61. The first-order valence-electron chi connectivity index (χ1n) is 12.8. The van der Waals surface area contributed by atoms with Gasteiger partial charge < -0.3 is 9.88 Å². The van der Waals surface area contributed by atoms with Crippen LogP contribution >= 0.6 is 0 Å². The molecule has 1 aliphatic rings. The van der Waals surface area contributed by atoms with Crippen LogP contribution in [0.1, 0.15) is 66.7 Å². The maximum atomic E-state index is 5.29. The van der Waals surface area contributed by atoms with E-state index in [2.05, 4.69) is 134 Å². The Morgan fingerprint density at radius 1 is 0.722 bits per heavy atom. The summed E-state index contributed by atoms with van der Waals surface area (Å²) in [6.45, 7) is 6.87. The van der Waals surface area contributed by atoms with Gasteiger partial charge in [0.05, 0.1) is 5.69 Å². The lowest BCUT2D eigenvalue weighted by Crippen LogP contribution is -2.18. The van der Waals surface area contributed by atoms with E-state index in [9.17, 15) is 0 Å². The Bertz CT molecular complexity index is 1500. The SMILES string of the molecule is CC(C)c1cccc2c1NC(c1nc(-c3ccccc3)cn1-c1ccccc1)c1ccccc1C2C. The summed E-state index contributed by atoms with van der Waals surface area (Å²) < 4.78 is 2.25. The van der Waals surface area contributed by atoms with Crippen LogP contribution in [-0.2, 0) is 0 Å². The second kappa shape index (κ2) is 9.16. The van der Waals surface area contributed by atoms with Crippen LogP contribution in [0.2, 0.25) is 0 Å². The molecule has 1 aliphatic heterocycles. The third-order valence-electron chi connectivity index (χ3n) is 7.37. The van der Waals surface area contributed by atoms with E-state index in [1.165, 1.54) is 27.9 Å². The van der Waals surface area contributed by atoms with E-state index in [1.54, 1.807) is 0 Å². The summed E-state index contributed by atoms with van der Waals surface area (Å²) in [6.07, 6.45) is 2.17. The zero-order valence-electron chi connectivity index (χ0n) is 21.0. The number of nitrogens with zero attached hydrogens (tertiary/aromatic N) is 2. The average molecular weight is 470 g/mol. The van der Waals surface area contributed by atoms with Gasteiger partial charge in [0.1, 0.15) is 11.9 Å². The molecule has 0 amide bonds. The highest BCUT2D eigenvalue weighted by molar-refractivity contribution is 5.67. The number of nitrogens with one attached hydrogen (secondary N) is 1. The van der Waals surface area contributed by atoms with Crippen LogP contribution in [0.4, 0.5) is 5.69 Å². The van der Waals surface area contributed by atoms with Crippen molar-refractivity contribution >= 4 is 5.69 Å². The highest BCUT2D eigenvalue weighted by atomic mass is 15.1. The molecular formula is C33H31N3. The van der Waals surface area contributed by atoms with Gasteiger partial charge in [0.15, 0.2) is 0 Å². The second-order valence-corrected chi connectivity index (χ2v) is 9.95. The van der Waals surface area contributed by atoms with E-state index >= 15 is 0 Å². The number of hydrogen-bond donors (Lipinski definition) is 1. The molecule has 0 radical (unpaired) electrons. The van der Waals surface area contributed by atoms with Crippen molar-refractivity contribution in [2.45, 2.75) is 38.6 Å². The summed E-state index contributed by atoms with van der Waals surface area (Å²) in [7, 11) is 0. The van der Waals surface area contributed by atoms with Crippen molar-refractivity contribution in [1.82, 2.24) is 9.55 Å². The Morgan fingerprint density at radius 2 is 1.36 bits per heavy atom. The van der Waals surface area contributed by atoms with Gasteiger partial charge in [0.25, 0.3) is 0 Å². The van der Waals surface area contributed by atoms with E-state index in [1.807, 2.05) is 6.07 Å². The lowest BCUT2D eigenvalue weighted by atomic mass is 9.87. The number of fused-ring (bicyclic) bond motifs is 2. The first-order valence-corrected chi connectivity index (χ1v) is 12.8. The lowest BCUT2D eigenvalue weighted by molar-refractivity contribution is 0.789. The molecule has 4 aromatic carbocycles. The molecule has 0 aliphatic carbocycles. The molecule has 2 unspecified atom stereocenters. The van der Waals surface area contributed by atoms with Crippen LogP contribution in [0.25, 0.3) is 16.9 Å². The molecule has 5 aromatic rings. The molecule has 1 N–H and O–H groups in total. The van der Waals surface area contributed by atoms with Crippen molar-refractivity contribution in [3.63, 3.8) is 0 Å². The zero-order chi connectivity index (χ0) is 24.6. The van der Waals surface area contributed by atoms with Crippen molar-refractivity contribution in [2.24, 2.45) is 0 Å². The minimum atomic E-state index is -0.0949. The van der Waals surface area contributed by atoms with Crippen molar-refractivity contribution in [1.29, 1.82) is 0 Å². The van der Waals surface area contributed by atoms with Gasteiger partial charge in [0, 0.05) is 29.1 Å². The van der Waals surface area contributed by atoms with Gasteiger partial charge in [-0.15, -0.1) is 0 Å². The number of hydrogen-bond acceptors (Lipinski definition) is 2. The number of aromatic nitrogens is 2. The highest BCUT2D eigenvalue weighted by Gasteiger charge is 2.31. The largest absolute Gasteiger partial charge is 0.371 e. The molecular weight excluding hydrogens is 438 g/mol. The molecule has 0 spiro atoms. The smallest absolute Gasteiger partial charge is 0.141 e. The van der Waals surface area contributed by atoms with Crippen LogP contribution in [-0.4, -0.2) is 9.55 Å². The molecule has 1 aromatic heterocycles. The maximum absolute atomic E-state index is 5.29. The van der Waals surface area contributed by atoms with E-state index in [0.717, 1.165) is 22.8 Å². The minimum absolute atomic E-state index is 0.0949. The molecule has 0 bridgehead atoms. The maximum Gasteiger partial charge on any atom is 0.141 e. The van der Waals surface area contributed by atoms with Crippen molar-refractivity contribution in [2.75, 3.05) is 5.32 Å². The van der Waals surface area contributed by atoms with Gasteiger partial charge in [-0.05, 0) is 40.3 Å². The Kier molecular flexibility index (Phi) is 5.69. The molecule has 0 saturated heterocycles.